The highest BCUT2D eigenvalue weighted by Gasteiger charge is 2.23. The Labute approximate surface area is 147 Å². The van der Waals surface area contributed by atoms with Crippen LogP contribution in [-0.2, 0) is 18.4 Å². The van der Waals surface area contributed by atoms with E-state index in [0.717, 1.165) is 18.5 Å². The fraction of sp³-hybridized carbons (Fsp3) is 0.350. The second kappa shape index (κ2) is 7.23. The maximum absolute atomic E-state index is 13.0. The van der Waals surface area contributed by atoms with Crippen molar-refractivity contribution in [3.8, 4) is 0 Å². The molecular weight excluding hydrogens is 317 g/mol. The normalized spacial score (nSPS) is 16.8. The number of nitrogens with one attached hydrogen (secondary N) is 1. The van der Waals surface area contributed by atoms with Crippen LogP contribution in [-0.4, -0.2) is 17.6 Å². The molecule has 1 unspecified atom stereocenters. The molecule has 1 aliphatic rings. The zero-order chi connectivity index (χ0) is 17.9. The summed E-state index contributed by atoms with van der Waals surface area (Å²) in [6.07, 6.45) is 4.54. The van der Waals surface area contributed by atoms with Gasteiger partial charge in [0.2, 0.25) is 0 Å². The van der Waals surface area contributed by atoms with E-state index in [1.165, 1.54) is 36.1 Å². The molecule has 0 fully saturated rings. The van der Waals surface area contributed by atoms with Crippen LogP contribution >= 0.6 is 0 Å². The molecule has 1 aliphatic carbocycles. The third-order valence-electron chi connectivity index (χ3n) is 4.68. The van der Waals surface area contributed by atoms with E-state index in [1.807, 2.05) is 12.1 Å². The number of nitrogens with zero attached hydrogens (tertiary/aromatic N) is 1. The predicted molar refractivity (Wildman–Crippen MR) is 99.2 cm³/mol. The van der Waals surface area contributed by atoms with Crippen LogP contribution in [0.5, 0.6) is 0 Å². The zero-order valence-corrected chi connectivity index (χ0v) is 14.4. The number of guanidine groups is 1. The van der Waals surface area contributed by atoms with Gasteiger partial charge in [-0.05, 0) is 67.5 Å². The van der Waals surface area contributed by atoms with Crippen molar-refractivity contribution in [2.45, 2.75) is 38.2 Å². The molecule has 0 saturated carbocycles. The summed E-state index contributed by atoms with van der Waals surface area (Å²) < 4.78 is 13.0. The number of anilines is 1. The van der Waals surface area contributed by atoms with Crippen LogP contribution in [0.1, 0.15) is 36.5 Å². The predicted octanol–water partition coefficient (Wildman–Crippen LogP) is 3.34. The SMILES string of the molecule is CC(O)(CN=C(N)Nc1cccc2c1CCCC2)c1ccc(F)cc1. The number of fused-ring (bicyclic) bond motifs is 1. The summed E-state index contributed by atoms with van der Waals surface area (Å²) in [6, 6.07) is 12.0. The van der Waals surface area contributed by atoms with Crippen molar-refractivity contribution in [3.63, 3.8) is 0 Å². The van der Waals surface area contributed by atoms with Gasteiger partial charge in [0.1, 0.15) is 11.4 Å². The zero-order valence-electron chi connectivity index (χ0n) is 14.4. The third-order valence-corrected chi connectivity index (χ3v) is 4.68. The van der Waals surface area contributed by atoms with Crippen LogP contribution in [0, 0.1) is 5.82 Å². The Kier molecular flexibility index (Phi) is 5.04. The monoisotopic (exact) mass is 341 g/mol. The van der Waals surface area contributed by atoms with E-state index in [4.69, 9.17) is 5.73 Å². The van der Waals surface area contributed by atoms with Gasteiger partial charge in [-0.1, -0.05) is 24.3 Å². The van der Waals surface area contributed by atoms with E-state index in [1.54, 1.807) is 19.1 Å². The molecule has 132 valence electrons. The summed E-state index contributed by atoms with van der Waals surface area (Å²) in [6.45, 7) is 1.73. The molecule has 0 radical (unpaired) electrons. The Morgan fingerprint density at radius 1 is 1.20 bits per heavy atom. The molecule has 0 aromatic heterocycles. The lowest BCUT2D eigenvalue weighted by Crippen LogP contribution is -2.30. The van der Waals surface area contributed by atoms with E-state index >= 15 is 0 Å². The fourth-order valence-electron chi connectivity index (χ4n) is 3.22. The summed E-state index contributed by atoms with van der Waals surface area (Å²) in [4.78, 5) is 4.28. The van der Waals surface area contributed by atoms with E-state index in [-0.39, 0.29) is 18.3 Å². The van der Waals surface area contributed by atoms with Gasteiger partial charge in [-0.25, -0.2) is 9.38 Å². The van der Waals surface area contributed by atoms with Crippen molar-refractivity contribution in [1.82, 2.24) is 0 Å². The average Bonchev–Trinajstić information content (AvgIpc) is 2.61. The van der Waals surface area contributed by atoms with Crippen molar-refractivity contribution in [3.05, 3.63) is 65.0 Å². The molecule has 0 spiro atoms. The van der Waals surface area contributed by atoms with Crippen LogP contribution in [0.4, 0.5) is 10.1 Å². The van der Waals surface area contributed by atoms with Gasteiger partial charge in [-0.2, -0.15) is 0 Å². The van der Waals surface area contributed by atoms with Gasteiger partial charge in [0, 0.05) is 5.69 Å². The second-order valence-electron chi connectivity index (χ2n) is 6.76. The molecule has 0 bridgehead atoms. The third kappa shape index (κ3) is 4.17. The van der Waals surface area contributed by atoms with Crippen molar-refractivity contribution < 1.29 is 9.50 Å². The number of rotatable bonds is 4. The minimum atomic E-state index is -1.21. The van der Waals surface area contributed by atoms with Gasteiger partial charge in [-0.15, -0.1) is 0 Å². The van der Waals surface area contributed by atoms with Crippen molar-refractivity contribution in [2.24, 2.45) is 10.7 Å². The van der Waals surface area contributed by atoms with Gasteiger partial charge in [0.15, 0.2) is 5.96 Å². The number of aryl methyl sites for hydroxylation is 1. The quantitative estimate of drug-likeness (QED) is 0.590. The van der Waals surface area contributed by atoms with Crippen LogP contribution in [0.2, 0.25) is 0 Å². The number of nitrogens with two attached hydrogens (primary N) is 1. The first-order chi connectivity index (χ1) is 12.0. The molecule has 0 heterocycles. The Bertz CT molecular complexity index is 769. The highest BCUT2D eigenvalue weighted by atomic mass is 19.1. The summed E-state index contributed by atoms with van der Waals surface area (Å²) in [5.41, 5.74) is 9.06. The number of halogens is 1. The minimum Gasteiger partial charge on any atom is -0.384 e. The molecule has 25 heavy (non-hydrogen) atoms. The standard InChI is InChI=1S/C20H24FN3O/c1-20(25,15-9-11-16(21)12-10-15)13-23-19(22)24-18-8-4-6-14-5-2-3-7-17(14)18/h4,6,8-12,25H,2-3,5,7,13H2,1H3,(H3,22,23,24). The Morgan fingerprint density at radius 3 is 2.68 bits per heavy atom. The first-order valence-corrected chi connectivity index (χ1v) is 8.62. The number of aliphatic imine (C=N–C) groups is 1. The Morgan fingerprint density at radius 2 is 1.92 bits per heavy atom. The average molecular weight is 341 g/mol. The lowest BCUT2D eigenvalue weighted by molar-refractivity contribution is 0.0673. The maximum Gasteiger partial charge on any atom is 0.193 e. The smallest absolute Gasteiger partial charge is 0.193 e. The summed E-state index contributed by atoms with van der Waals surface area (Å²) in [5.74, 6) is -0.0700. The van der Waals surface area contributed by atoms with Crippen LogP contribution in [0.25, 0.3) is 0 Å². The topological polar surface area (TPSA) is 70.6 Å². The van der Waals surface area contributed by atoms with E-state index in [0.29, 0.717) is 5.56 Å². The van der Waals surface area contributed by atoms with Crippen molar-refractivity contribution >= 4 is 11.6 Å². The number of hydrogen-bond acceptors (Lipinski definition) is 2. The van der Waals surface area contributed by atoms with Gasteiger partial charge < -0.3 is 16.2 Å². The van der Waals surface area contributed by atoms with E-state index < -0.39 is 5.60 Å². The lowest BCUT2D eigenvalue weighted by Gasteiger charge is -2.23. The highest BCUT2D eigenvalue weighted by Crippen LogP contribution is 2.28. The summed E-state index contributed by atoms with van der Waals surface area (Å²) in [5, 5.41) is 13.7. The molecule has 4 nitrogen and oxygen atoms in total. The molecule has 0 aliphatic heterocycles. The molecule has 5 heteroatoms. The first kappa shape index (κ1) is 17.4. The number of aliphatic hydroxyl groups is 1. The molecule has 3 rings (SSSR count). The van der Waals surface area contributed by atoms with E-state index in [9.17, 15) is 9.50 Å². The van der Waals surface area contributed by atoms with Crippen LogP contribution in [0.3, 0.4) is 0 Å². The lowest BCUT2D eigenvalue weighted by atomic mass is 9.90. The number of hydrogen-bond donors (Lipinski definition) is 3. The van der Waals surface area contributed by atoms with Crippen LogP contribution in [0.15, 0.2) is 47.5 Å². The second-order valence-corrected chi connectivity index (χ2v) is 6.76. The van der Waals surface area contributed by atoms with Crippen molar-refractivity contribution in [1.29, 1.82) is 0 Å². The molecule has 0 saturated heterocycles. The molecule has 0 amide bonds. The van der Waals surface area contributed by atoms with E-state index in [2.05, 4.69) is 16.4 Å². The van der Waals surface area contributed by atoms with Crippen LogP contribution < -0.4 is 11.1 Å². The first-order valence-electron chi connectivity index (χ1n) is 8.62. The maximum atomic E-state index is 13.0. The molecular formula is C20H24FN3O. The molecule has 2 aromatic carbocycles. The number of benzene rings is 2. The summed E-state index contributed by atoms with van der Waals surface area (Å²) in [7, 11) is 0. The van der Waals surface area contributed by atoms with Gasteiger partial charge in [0.05, 0.1) is 6.54 Å². The van der Waals surface area contributed by atoms with Gasteiger partial charge in [-0.3, -0.25) is 0 Å². The molecule has 4 N–H and O–H groups in total. The summed E-state index contributed by atoms with van der Waals surface area (Å²) >= 11 is 0. The Hall–Kier alpha value is -2.40. The fourth-order valence-corrected chi connectivity index (χ4v) is 3.22. The minimum absolute atomic E-state index is 0.0898. The molecule has 1 atom stereocenters. The van der Waals surface area contributed by atoms with Crippen molar-refractivity contribution in [2.75, 3.05) is 11.9 Å². The Balaban J connectivity index is 1.71. The highest BCUT2D eigenvalue weighted by molar-refractivity contribution is 5.93. The van der Waals surface area contributed by atoms with Gasteiger partial charge >= 0.3 is 0 Å². The van der Waals surface area contributed by atoms with Gasteiger partial charge in [0.25, 0.3) is 0 Å². The largest absolute Gasteiger partial charge is 0.384 e. The molecule has 2 aromatic rings.